The fraction of sp³-hybridized carbons (Fsp3) is 0.706. The molecule has 1 aliphatic heterocycles. The number of hydrogen-bond acceptors (Lipinski definition) is 3. The molecule has 0 bridgehead atoms. The molecule has 0 aromatic rings. The molecule has 1 fully saturated rings. The van der Waals surface area contributed by atoms with Crippen molar-refractivity contribution in [1.29, 1.82) is 0 Å². The summed E-state index contributed by atoms with van der Waals surface area (Å²) in [6, 6.07) is 0. The Morgan fingerprint density at radius 3 is 2.62 bits per heavy atom. The van der Waals surface area contributed by atoms with E-state index in [9.17, 15) is 9.90 Å². The molecule has 1 rings (SSSR count). The molecule has 0 radical (unpaired) electrons. The van der Waals surface area contributed by atoms with Crippen molar-refractivity contribution in [1.82, 2.24) is 10.2 Å². The highest BCUT2D eigenvalue weighted by Gasteiger charge is 2.18. The van der Waals surface area contributed by atoms with E-state index in [1.807, 2.05) is 19.1 Å². The molecule has 1 heterocycles. The molecule has 21 heavy (non-hydrogen) atoms. The molecule has 0 aromatic carbocycles. The molecular weight excluding hydrogens is 264 g/mol. The van der Waals surface area contributed by atoms with Crippen LogP contribution >= 0.6 is 0 Å². The van der Waals surface area contributed by atoms with Gasteiger partial charge < -0.3 is 15.3 Å². The first-order valence-corrected chi connectivity index (χ1v) is 8.06. The fourth-order valence-electron chi connectivity index (χ4n) is 2.49. The van der Waals surface area contributed by atoms with Gasteiger partial charge in [0, 0.05) is 19.2 Å². The molecule has 1 amide bonds. The second-order valence-electron chi connectivity index (χ2n) is 5.93. The number of likely N-dealkylation sites (tertiary alicyclic amines) is 1. The maximum absolute atomic E-state index is 11.7. The monoisotopic (exact) mass is 294 g/mol. The molecule has 2 N–H and O–H groups in total. The first-order chi connectivity index (χ1) is 10.0. The van der Waals surface area contributed by atoms with Crippen LogP contribution < -0.4 is 5.32 Å². The molecule has 0 aromatic heterocycles. The number of carbonyl (C=O) groups excluding carboxylic acids is 1. The Hall–Kier alpha value is -1.13. The molecule has 0 spiro atoms. The van der Waals surface area contributed by atoms with Gasteiger partial charge in [0.15, 0.2) is 0 Å². The summed E-state index contributed by atoms with van der Waals surface area (Å²) >= 11 is 0. The lowest BCUT2D eigenvalue weighted by Gasteiger charge is -2.31. The van der Waals surface area contributed by atoms with Gasteiger partial charge >= 0.3 is 0 Å². The predicted molar refractivity (Wildman–Crippen MR) is 87.0 cm³/mol. The highest BCUT2D eigenvalue weighted by Crippen LogP contribution is 2.15. The van der Waals surface area contributed by atoms with Crippen molar-refractivity contribution < 1.29 is 9.90 Å². The highest BCUT2D eigenvalue weighted by atomic mass is 16.3. The third kappa shape index (κ3) is 7.44. The zero-order valence-corrected chi connectivity index (χ0v) is 13.6. The van der Waals surface area contributed by atoms with E-state index in [2.05, 4.69) is 24.1 Å². The Bertz CT molecular complexity index is 369. The van der Waals surface area contributed by atoms with E-state index in [0.29, 0.717) is 13.1 Å². The van der Waals surface area contributed by atoms with Gasteiger partial charge in [-0.1, -0.05) is 31.6 Å². The molecule has 120 valence electrons. The Morgan fingerprint density at radius 2 is 2.05 bits per heavy atom. The first kappa shape index (κ1) is 17.9. The summed E-state index contributed by atoms with van der Waals surface area (Å²) in [5.74, 6) is 0.650. The van der Waals surface area contributed by atoms with E-state index in [-0.39, 0.29) is 5.91 Å². The lowest BCUT2D eigenvalue weighted by atomic mass is 9.99. The Kier molecular flexibility index (Phi) is 8.31. The van der Waals surface area contributed by atoms with Crippen molar-refractivity contribution in [3.8, 4) is 0 Å². The van der Waals surface area contributed by atoms with Crippen LogP contribution in [0.1, 0.15) is 40.0 Å². The van der Waals surface area contributed by atoms with E-state index >= 15 is 0 Å². The standard InChI is InChI=1S/C17H30N2O2/c1-4-15(5-2)6-7-17(21)18-12-16(20)13-19-10-8-14(3)9-11-19/h4,6-7,14,16,20H,5,8-13H2,1-3H3,(H,18,21). The molecule has 1 aliphatic rings. The number of allylic oxidation sites excluding steroid dienone is 3. The zero-order chi connectivity index (χ0) is 15.7. The summed E-state index contributed by atoms with van der Waals surface area (Å²) in [5.41, 5.74) is 1.13. The van der Waals surface area contributed by atoms with Crippen LogP contribution in [0.4, 0.5) is 0 Å². The second-order valence-corrected chi connectivity index (χ2v) is 5.93. The van der Waals surface area contributed by atoms with Gasteiger partial charge in [0.25, 0.3) is 0 Å². The summed E-state index contributed by atoms with van der Waals surface area (Å²) < 4.78 is 0. The van der Waals surface area contributed by atoms with Crippen molar-refractivity contribution in [3.63, 3.8) is 0 Å². The quantitative estimate of drug-likeness (QED) is 0.558. The number of amides is 1. The van der Waals surface area contributed by atoms with Crippen molar-refractivity contribution in [2.75, 3.05) is 26.2 Å². The molecule has 1 atom stereocenters. The van der Waals surface area contributed by atoms with Gasteiger partial charge in [-0.25, -0.2) is 0 Å². The van der Waals surface area contributed by atoms with Gasteiger partial charge in [-0.05, 0) is 45.2 Å². The van der Waals surface area contributed by atoms with Crippen LogP contribution in [0.3, 0.4) is 0 Å². The second kappa shape index (κ2) is 9.74. The number of piperidine rings is 1. The molecule has 0 aliphatic carbocycles. The number of hydrogen-bond donors (Lipinski definition) is 2. The Balaban J connectivity index is 2.23. The number of carbonyl (C=O) groups is 1. The van der Waals surface area contributed by atoms with Crippen molar-refractivity contribution in [2.24, 2.45) is 5.92 Å². The van der Waals surface area contributed by atoms with Crippen LogP contribution in [0.15, 0.2) is 23.8 Å². The molecule has 4 heteroatoms. The lowest BCUT2D eigenvalue weighted by Crippen LogP contribution is -2.42. The van der Waals surface area contributed by atoms with Gasteiger partial charge in [0.05, 0.1) is 6.10 Å². The molecule has 4 nitrogen and oxygen atoms in total. The van der Waals surface area contributed by atoms with E-state index in [4.69, 9.17) is 0 Å². The molecule has 0 saturated carbocycles. The van der Waals surface area contributed by atoms with Crippen LogP contribution in [0.2, 0.25) is 0 Å². The minimum atomic E-state index is -0.497. The fourth-order valence-corrected chi connectivity index (χ4v) is 2.49. The van der Waals surface area contributed by atoms with E-state index in [1.54, 1.807) is 0 Å². The number of nitrogens with zero attached hydrogens (tertiary/aromatic N) is 1. The number of nitrogens with one attached hydrogen (secondary N) is 1. The molecule has 1 saturated heterocycles. The maximum Gasteiger partial charge on any atom is 0.244 e. The minimum absolute atomic E-state index is 0.144. The average Bonchev–Trinajstić information content (AvgIpc) is 2.48. The predicted octanol–water partition coefficient (Wildman–Crippen LogP) is 2.11. The summed E-state index contributed by atoms with van der Waals surface area (Å²) in [5, 5.41) is 12.7. The summed E-state index contributed by atoms with van der Waals surface area (Å²) in [6.07, 6.45) is 8.17. The smallest absolute Gasteiger partial charge is 0.244 e. The minimum Gasteiger partial charge on any atom is -0.390 e. The number of aliphatic hydroxyl groups excluding tert-OH is 1. The topological polar surface area (TPSA) is 52.6 Å². The lowest BCUT2D eigenvalue weighted by molar-refractivity contribution is -0.117. The summed E-state index contributed by atoms with van der Waals surface area (Å²) in [7, 11) is 0. The zero-order valence-electron chi connectivity index (χ0n) is 13.6. The third-order valence-electron chi connectivity index (χ3n) is 4.08. The SMILES string of the molecule is CC=C(C=CC(=O)NCC(O)CN1CCC(C)CC1)CC. The van der Waals surface area contributed by atoms with Gasteiger partial charge in [-0.2, -0.15) is 0 Å². The van der Waals surface area contributed by atoms with Crippen molar-refractivity contribution in [3.05, 3.63) is 23.8 Å². The van der Waals surface area contributed by atoms with Crippen LogP contribution in [-0.2, 0) is 4.79 Å². The summed E-state index contributed by atoms with van der Waals surface area (Å²) in [4.78, 5) is 13.9. The number of rotatable bonds is 7. The van der Waals surface area contributed by atoms with E-state index < -0.39 is 6.10 Å². The summed E-state index contributed by atoms with van der Waals surface area (Å²) in [6.45, 7) is 9.35. The van der Waals surface area contributed by atoms with Crippen LogP contribution in [-0.4, -0.2) is 48.2 Å². The Morgan fingerprint density at radius 1 is 1.38 bits per heavy atom. The van der Waals surface area contributed by atoms with Crippen LogP contribution in [0.5, 0.6) is 0 Å². The average molecular weight is 294 g/mol. The largest absolute Gasteiger partial charge is 0.390 e. The first-order valence-electron chi connectivity index (χ1n) is 8.06. The van der Waals surface area contributed by atoms with Crippen LogP contribution in [0.25, 0.3) is 0 Å². The third-order valence-corrected chi connectivity index (χ3v) is 4.08. The van der Waals surface area contributed by atoms with Crippen molar-refractivity contribution in [2.45, 2.75) is 46.1 Å². The highest BCUT2D eigenvalue weighted by molar-refractivity contribution is 5.87. The molecule has 1 unspecified atom stereocenters. The number of aliphatic hydroxyl groups is 1. The van der Waals surface area contributed by atoms with Gasteiger partial charge in [-0.15, -0.1) is 0 Å². The van der Waals surface area contributed by atoms with E-state index in [0.717, 1.165) is 31.0 Å². The Labute approximate surface area is 128 Å². The van der Waals surface area contributed by atoms with Crippen molar-refractivity contribution >= 4 is 5.91 Å². The number of β-amino-alcohol motifs (C(OH)–C–C–N with tert-alkyl or cyclic N) is 1. The van der Waals surface area contributed by atoms with Crippen LogP contribution in [0, 0.1) is 5.92 Å². The van der Waals surface area contributed by atoms with Gasteiger partial charge in [-0.3, -0.25) is 4.79 Å². The van der Waals surface area contributed by atoms with Gasteiger partial charge in [0.1, 0.15) is 0 Å². The maximum atomic E-state index is 11.7. The molecular formula is C17H30N2O2. The normalized spacial score (nSPS) is 19.9. The van der Waals surface area contributed by atoms with E-state index in [1.165, 1.54) is 18.9 Å². The van der Waals surface area contributed by atoms with Gasteiger partial charge in [0.2, 0.25) is 5.91 Å².